The van der Waals surface area contributed by atoms with Gasteiger partial charge in [-0.1, -0.05) is 6.92 Å². The molecule has 0 aliphatic carbocycles. The van der Waals surface area contributed by atoms with Gasteiger partial charge in [0.2, 0.25) is 6.33 Å². The van der Waals surface area contributed by atoms with Crippen LogP contribution in [-0.4, -0.2) is 24.2 Å². The van der Waals surface area contributed by atoms with Gasteiger partial charge in [-0.2, -0.15) is 0 Å². The molecule has 1 rings (SSSR count). The molecule has 1 atom stereocenters. The van der Waals surface area contributed by atoms with Gasteiger partial charge in [-0.3, -0.25) is 0 Å². The summed E-state index contributed by atoms with van der Waals surface area (Å²) in [6.45, 7) is 8.02. The minimum atomic E-state index is 0.586. The molecule has 0 fully saturated rings. The van der Waals surface area contributed by atoms with E-state index in [1.54, 1.807) is 0 Å². The SMILES string of the molecule is CCC(C)n1cc[n+](CCNCCN)c1.II. The van der Waals surface area contributed by atoms with E-state index in [1.165, 1.54) is 6.42 Å². The molecule has 0 saturated carbocycles. The van der Waals surface area contributed by atoms with Crippen LogP contribution in [-0.2, 0) is 6.54 Å². The lowest BCUT2D eigenvalue weighted by Crippen LogP contribution is -2.38. The fourth-order valence-electron chi connectivity index (χ4n) is 1.45. The van der Waals surface area contributed by atoms with Crippen LogP contribution in [0.2, 0.25) is 0 Å². The van der Waals surface area contributed by atoms with E-state index < -0.39 is 0 Å². The van der Waals surface area contributed by atoms with E-state index in [0.717, 1.165) is 19.6 Å². The first-order chi connectivity index (χ1) is 8.27. The fraction of sp³-hybridized carbons (Fsp3) is 0.727. The minimum absolute atomic E-state index is 0.586. The van der Waals surface area contributed by atoms with Gasteiger partial charge in [0.05, 0.1) is 6.04 Å². The number of hydrogen-bond acceptors (Lipinski definition) is 2. The average molecular weight is 465 g/mol. The molecule has 1 unspecified atom stereocenters. The number of hydrogen-bond donors (Lipinski definition) is 2. The first-order valence-electron chi connectivity index (χ1n) is 5.89. The first kappa shape index (κ1) is 17.6. The van der Waals surface area contributed by atoms with E-state index in [1.807, 2.05) is 0 Å². The number of halogens is 2. The topological polar surface area (TPSA) is 46.9 Å². The Morgan fingerprint density at radius 2 is 2.12 bits per heavy atom. The standard InChI is InChI=1S/C11H23N4.I2/c1-3-11(2)15-9-8-14(10-15)7-6-13-5-4-12;1-2/h8-11,13H,3-7,12H2,1-2H3;/q+1;. The Morgan fingerprint density at radius 1 is 1.41 bits per heavy atom. The van der Waals surface area contributed by atoms with Gasteiger partial charge in [-0.15, -0.1) is 0 Å². The number of imidazole rings is 1. The molecule has 0 spiro atoms. The zero-order valence-electron chi connectivity index (χ0n) is 10.6. The van der Waals surface area contributed by atoms with Crippen LogP contribution >= 0.6 is 37.2 Å². The molecule has 0 aliphatic rings. The predicted octanol–water partition coefficient (Wildman–Crippen LogP) is 2.07. The number of nitrogens with zero attached hydrogens (tertiary/aromatic N) is 2. The molecule has 0 bridgehead atoms. The molecule has 1 heterocycles. The predicted molar refractivity (Wildman–Crippen MR) is 89.6 cm³/mol. The maximum Gasteiger partial charge on any atom is 0.244 e. The Labute approximate surface area is 128 Å². The van der Waals surface area contributed by atoms with E-state index >= 15 is 0 Å². The quantitative estimate of drug-likeness (QED) is 0.368. The van der Waals surface area contributed by atoms with Crippen molar-refractivity contribution in [1.29, 1.82) is 0 Å². The van der Waals surface area contributed by atoms with E-state index in [2.05, 4.69) is 84.3 Å². The molecule has 3 N–H and O–H groups in total. The zero-order valence-corrected chi connectivity index (χ0v) is 14.9. The summed E-state index contributed by atoms with van der Waals surface area (Å²) in [4.78, 5) is 0. The molecule has 0 aromatic carbocycles. The number of rotatable bonds is 7. The van der Waals surface area contributed by atoms with Crippen LogP contribution in [0.5, 0.6) is 0 Å². The van der Waals surface area contributed by atoms with Gasteiger partial charge < -0.3 is 11.1 Å². The van der Waals surface area contributed by atoms with Crippen LogP contribution < -0.4 is 15.6 Å². The normalized spacial score (nSPS) is 11.8. The van der Waals surface area contributed by atoms with Crippen molar-refractivity contribution in [2.45, 2.75) is 32.9 Å². The third kappa shape index (κ3) is 7.58. The monoisotopic (exact) mass is 465 g/mol. The summed E-state index contributed by atoms with van der Waals surface area (Å²) in [6.07, 6.45) is 7.59. The van der Waals surface area contributed by atoms with Gasteiger partial charge in [0.25, 0.3) is 0 Å². The number of aromatic nitrogens is 2. The highest BCUT2D eigenvalue weighted by molar-refractivity contribution is 15.0. The number of nitrogens with one attached hydrogen (secondary N) is 1. The molecule has 1 aromatic rings. The second-order valence-electron chi connectivity index (χ2n) is 3.89. The molecule has 0 amide bonds. The summed E-state index contributed by atoms with van der Waals surface area (Å²) in [5.41, 5.74) is 5.40. The highest BCUT2D eigenvalue weighted by Gasteiger charge is 2.08. The van der Waals surface area contributed by atoms with E-state index in [-0.39, 0.29) is 0 Å². The van der Waals surface area contributed by atoms with Crippen LogP contribution in [0.1, 0.15) is 26.3 Å². The van der Waals surface area contributed by atoms with Crippen molar-refractivity contribution in [3.8, 4) is 0 Å². The molecule has 6 heteroatoms. The molecule has 17 heavy (non-hydrogen) atoms. The zero-order chi connectivity index (χ0) is 13.1. The van der Waals surface area contributed by atoms with Crippen LogP contribution in [0.4, 0.5) is 0 Å². The van der Waals surface area contributed by atoms with Gasteiger partial charge in [0.15, 0.2) is 0 Å². The van der Waals surface area contributed by atoms with E-state index in [0.29, 0.717) is 12.6 Å². The first-order valence-corrected chi connectivity index (χ1v) is 12.2. The van der Waals surface area contributed by atoms with E-state index in [9.17, 15) is 0 Å². The molecule has 0 saturated heterocycles. The lowest BCUT2D eigenvalue weighted by molar-refractivity contribution is -0.694. The van der Waals surface area contributed by atoms with Crippen molar-refractivity contribution in [3.63, 3.8) is 0 Å². The molecular formula is C11H23I2N4+. The van der Waals surface area contributed by atoms with Gasteiger partial charge in [-0.05, 0) is 13.3 Å². The van der Waals surface area contributed by atoms with Crippen molar-refractivity contribution in [2.75, 3.05) is 19.6 Å². The summed E-state index contributed by atoms with van der Waals surface area (Å²) in [7, 11) is 0. The maximum absolute atomic E-state index is 5.40. The Kier molecular flexibility index (Phi) is 12.1. The summed E-state index contributed by atoms with van der Waals surface area (Å²) < 4.78 is 4.46. The summed E-state index contributed by atoms with van der Waals surface area (Å²) in [5.74, 6) is 0. The van der Waals surface area contributed by atoms with Crippen molar-refractivity contribution in [3.05, 3.63) is 18.7 Å². The van der Waals surface area contributed by atoms with Crippen molar-refractivity contribution in [2.24, 2.45) is 5.73 Å². The lowest BCUT2D eigenvalue weighted by Gasteiger charge is -2.02. The summed E-state index contributed by atoms with van der Waals surface area (Å²) >= 11 is 4.24. The molecule has 0 aliphatic heterocycles. The highest BCUT2D eigenvalue weighted by atomic mass is 128. The fourth-order valence-corrected chi connectivity index (χ4v) is 1.45. The smallest absolute Gasteiger partial charge is 0.244 e. The molecular weight excluding hydrogens is 442 g/mol. The summed E-state index contributed by atoms with van der Waals surface area (Å²) in [5, 5.41) is 3.28. The van der Waals surface area contributed by atoms with Crippen molar-refractivity contribution in [1.82, 2.24) is 9.88 Å². The maximum atomic E-state index is 5.40. The van der Waals surface area contributed by atoms with Crippen LogP contribution in [0.15, 0.2) is 18.7 Å². The van der Waals surface area contributed by atoms with Crippen LogP contribution in [0.3, 0.4) is 0 Å². The Bertz CT molecular complexity index is 278. The molecule has 4 nitrogen and oxygen atoms in total. The third-order valence-corrected chi connectivity index (χ3v) is 2.68. The molecule has 100 valence electrons. The largest absolute Gasteiger partial charge is 0.329 e. The van der Waals surface area contributed by atoms with Gasteiger partial charge in [-0.25, -0.2) is 9.13 Å². The average Bonchev–Trinajstić information content (AvgIpc) is 2.85. The highest BCUT2D eigenvalue weighted by Crippen LogP contribution is 2.06. The Morgan fingerprint density at radius 3 is 2.71 bits per heavy atom. The second kappa shape index (κ2) is 11.7. The van der Waals surface area contributed by atoms with Crippen LogP contribution in [0, 0.1) is 0 Å². The Balaban J connectivity index is 0.00000121. The Hall–Kier alpha value is 0.590. The summed E-state index contributed by atoms with van der Waals surface area (Å²) in [6, 6.07) is 0.586. The lowest BCUT2D eigenvalue weighted by atomic mass is 10.3. The third-order valence-electron chi connectivity index (χ3n) is 2.68. The van der Waals surface area contributed by atoms with Crippen LogP contribution in [0.25, 0.3) is 0 Å². The van der Waals surface area contributed by atoms with E-state index in [4.69, 9.17) is 5.73 Å². The molecule has 0 radical (unpaired) electrons. The molecule has 1 aromatic heterocycles. The van der Waals surface area contributed by atoms with Crippen molar-refractivity contribution >= 4 is 37.2 Å². The second-order valence-corrected chi connectivity index (χ2v) is 3.89. The minimum Gasteiger partial charge on any atom is -0.329 e. The number of nitrogens with two attached hydrogens (primary N) is 1. The van der Waals surface area contributed by atoms with Gasteiger partial charge in [0.1, 0.15) is 18.9 Å². The van der Waals surface area contributed by atoms with Crippen molar-refractivity contribution < 1.29 is 4.57 Å². The van der Waals surface area contributed by atoms with Gasteiger partial charge >= 0.3 is 0 Å². The van der Waals surface area contributed by atoms with Gasteiger partial charge in [0, 0.05) is 56.9 Å².